The molecule has 4 rings (SSSR count). The van der Waals surface area contributed by atoms with E-state index in [9.17, 15) is 22.4 Å². The maximum atomic E-state index is 13.2. The molecule has 0 saturated carbocycles. The Kier molecular flexibility index (Phi) is 6.78. The summed E-state index contributed by atoms with van der Waals surface area (Å²) in [4.78, 5) is 26.6. The maximum absolute atomic E-state index is 13.2. The molecule has 0 aliphatic carbocycles. The van der Waals surface area contributed by atoms with Gasteiger partial charge in [-0.05, 0) is 48.7 Å². The summed E-state index contributed by atoms with van der Waals surface area (Å²) in [6.45, 7) is 0.186. The lowest BCUT2D eigenvalue weighted by atomic mass is 10.1. The van der Waals surface area contributed by atoms with Crippen LogP contribution in [0.15, 0.2) is 47.4 Å². The number of ketones is 1. The van der Waals surface area contributed by atoms with Crippen molar-refractivity contribution in [2.45, 2.75) is 30.3 Å². The van der Waals surface area contributed by atoms with Gasteiger partial charge in [-0.15, -0.1) is 0 Å². The largest absolute Gasteiger partial charge is 0.491 e. The van der Waals surface area contributed by atoms with Crippen molar-refractivity contribution in [1.29, 1.82) is 0 Å². The van der Waals surface area contributed by atoms with E-state index in [4.69, 9.17) is 9.47 Å². The van der Waals surface area contributed by atoms with Gasteiger partial charge < -0.3 is 14.4 Å². The SMILES string of the molecule is COCC1CCCN1S(=O)(=O)c1ccc2c(c1)C(=O)C(=O)N2Cc1ccc(OCCF)cc1. The van der Waals surface area contributed by atoms with Crippen LogP contribution in [-0.4, -0.2) is 64.0 Å². The summed E-state index contributed by atoms with van der Waals surface area (Å²) in [6.07, 6.45) is 1.45. The number of carbonyl (C=O) groups is 2. The predicted octanol–water partition coefficient (Wildman–Crippen LogP) is 2.56. The van der Waals surface area contributed by atoms with Crippen molar-refractivity contribution < 1.29 is 31.9 Å². The van der Waals surface area contributed by atoms with Crippen LogP contribution in [0.25, 0.3) is 0 Å². The van der Waals surface area contributed by atoms with Crippen LogP contribution in [0.4, 0.5) is 10.1 Å². The van der Waals surface area contributed by atoms with E-state index in [1.165, 1.54) is 34.5 Å². The fourth-order valence-electron chi connectivity index (χ4n) is 4.25. The first kappa shape index (κ1) is 23.3. The molecular formula is C23H25FN2O6S. The van der Waals surface area contributed by atoms with Crippen molar-refractivity contribution in [2.75, 3.05) is 38.4 Å². The minimum atomic E-state index is -3.83. The fourth-order valence-corrected chi connectivity index (χ4v) is 5.95. The zero-order valence-corrected chi connectivity index (χ0v) is 19.0. The molecule has 2 aliphatic rings. The molecule has 176 valence electrons. The molecule has 8 nitrogen and oxygen atoms in total. The third-order valence-corrected chi connectivity index (χ3v) is 7.79. The Balaban J connectivity index is 1.58. The van der Waals surface area contributed by atoms with Crippen LogP contribution < -0.4 is 9.64 Å². The fraction of sp³-hybridized carbons (Fsp3) is 0.391. The number of alkyl halides is 1. The molecule has 0 radical (unpaired) electrons. The predicted molar refractivity (Wildman–Crippen MR) is 119 cm³/mol. The zero-order valence-electron chi connectivity index (χ0n) is 18.2. The third kappa shape index (κ3) is 4.50. The number of Topliss-reactive ketones (excluding diaryl/α,β-unsaturated/α-hetero) is 1. The molecule has 10 heteroatoms. The smallest absolute Gasteiger partial charge is 0.299 e. The minimum absolute atomic E-state index is 0.0124. The van der Waals surface area contributed by atoms with E-state index >= 15 is 0 Å². The van der Waals surface area contributed by atoms with Crippen LogP contribution in [0.5, 0.6) is 5.75 Å². The summed E-state index contributed by atoms with van der Waals surface area (Å²) in [6, 6.07) is 10.8. The van der Waals surface area contributed by atoms with Gasteiger partial charge in [0.25, 0.3) is 11.7 Å². The number of rotatable bonds is 9. The summed E-state index contributed by atoms with van der Waals surface area (Å²) >= 11 is 0. The lowest BCUT2D eigenvalue weighted by Gasteiger charge is -2.24. The van der Waals surface area contributed by atoms with Crippen LogP contribution in [-0.2, 0) is 26.1 Å². The number of halogens is 1. The molecule has 1 atom stereocenters. The molecule has 1 unspecified atom stereocenters. The van der Waals surface area contributed by atoms with Crippen LogP contribution in [0.3, 0.4) is 0 Å². The Hall–Kier alpha value is -2.82. The number of hydrogen-bond acceptors (Lipinski definition) is 6. The molecule has 1 fully saturated rings. The van der Waals surface area contributed by atoms with Crippen molar-refractivity contribution in [2.24, 2.45) is 0 Å². The van der Waals surface area contributed by atoms with E-state index in [0.29, 0.717) is 31.0 Å². The van der Waals surface area contributed by atoms with Crippen LogP contribution in [0.2, 0.25) is 0 Å². The number of nitrogens with zero attached hydrogens (tertiary/aromatic N) is 2. The standard InChI is InChI=1S/C23H25FN2O6S/c1-31-15-17-3-2-11-26(17)33(29,30)19-8-9-21-20(13-19)22(27)23(28)25(21)14-16-4-6-18(7-5-16)32-12-10-24/h4-9,13,17H,2-3,10-12,14-15H2,1H3. The molecular weight excluding hydrogens is 451 g/mol. The molecule has 0 spiro atoms. The molecule has 0 bridgehead atoms. The van der Waals surface area contributed by atoms with E-state index < -0.39 is 28.4 Å². The van der Waals surface area contributed by atoms with E-state index in [1.54, 1.807) is 24.3 Å². The van der Waals surface area contributed by atoms with E-state index in [2.05, 4.69) is 0 Å². The molecule has 1 amide bonds. The Morgan fingerprint density at radius 1 is 1.12 bits per heavy atom. The molecule has 2 heterocycles. The quantitative estimate of drug-likeness (QED) is 0.517. The number of benzene rings is 2. The number of amides is 1. The normalized spacial score (nSPS) is 18.7. The second kappa shape index (κ2) is 9.58. The molecule has 2 aliphatic heterocycles. The van der Waals surface area contributed by atoms with Gasteiger partial charge in [-0.1, -0.05) is 12.1 Å². The topological polar surface area (TPSA) is 93.2 Å². The number of anilines is 1. The van der Waals surface area contributed by atoms with Gasteiger partial charge in [0.05, 0.1) is 29.3 Å². The third-order valence-electron chi connectivity index (χ3n) is 5.84. The summed E-state index contributed by atoms with van der Waals surface area (Å²) in [5.41, 5.74) is 1.19. The first-order valence-corrected chi connectivity index (χ1v) is 12.1. The highest BCUT2D eigenvalue weighted by Gasteiger charge is 2.39. The summed E-state index contributed by atoms with van der Waals surface area (Å²) in [5.74, 6) is -0.945. The van der Waals surface area contributed by atoms with Gasteiger partial charge in [0.2, 0.25) is 10.0 Å². The van der Waals surface area contributed by atoms with Crippen LogP contribution in [0.1, 0.15) is 28.8 Å². The number of carbonyl (C=O) groups excluding carboxylic acids is 2. The van der Waals surface area contributed by atoms with E-state index in [1.807, 2.05) is 0 Å². The molecule has 33 heavy (non-hydrogen) atoms. The monoisotopic (exact) mass is 476 g/mol. The molecule has 1 saturated heterocycles. The molecule has 2 aromatic rings. The van der Waals surface area contributed by atoms with Gasteiger partial charge in [-0.3, -0.25) is 9.59 Å². The summed E-state index contributed by atoms with van der Waals surface area (Å²) in [7, 11) is -2.30. The highest BCUT2D eigenvalue weighted by molar-refractivity contribution is 7.89. The number of fused-ring (bicyclic) bond motifs is 1. The molecule has 0 N–H and O–H groups in total. The van der Waals surface area contributed by atoms with Gasteiger partial charge in [-0.2, -0.15) is 4.31 Å². The second-order valence-corrected chi connectivity index (χ2v) is 9.84. The zero-order chi connectivity index (χ0) is 23.6. The number of hydrogen-bond donors (Lipinski definition) is 0. The van der Waals surface area contributed by atoms with Crippen molar-refractivity contribution in [3.8, 4) is 5.75 Å². The molecule has 2 aromatic carbocycles. The van der Waals surface area contributed by atoms with Crippen molar-refractivity contribution in [3.05, 3.63) is 53.6 Å². The number of ether oxygens (including phenoxy) is 2. The van der Waals surface area contributed by atoms with Gasteiger partial charge in [0, 0.05) is 19.7 Å². The van der Waals surface area contributed by atoms with Gasteiger partial charge in [-0.25, -0.2) is 12.8 Å². The van der Waals surface area contributed by atoms with Crippen LogP contribution in [0, 0.1) is 0 Å². The van der Waals surface area contributed by atoms with Gasteiger partial charge in [0.1, 0.15) is 19.0 Å². The van der Waals surface area contributed by atoms with Gasteiger partial charge >= 0.3 is 0 Å². The lowest BCUT2D eigenvalue weighted by molar-refractivity contribution is -0.114. The molecule has 0 aromatic heterocycles. The average molecular weight is 477 g/mol. The average Bonchev–Trinajstić information content (AvgIpc) is 3.38. The van der Waals surface area contributed by atoms with E-state index in [0.717, 1.165) is 12.0 Å². The van der Waals surface area contributed by atoms with Crippen molar-refractivity contribution in [3.63, 3.8) is 0 Å². The Bertz CT molecular complexity index is 1150. The second-order valence-electron chi connectivity index (χ2n) is 7.95. The summed E-state index contributed by atoms with van der Waals surface area (Å²) in [5, 5.41) is 0. The Morgan fingerprint density at radius 2 is 1.88 bits per heavy atom. The number of sulfonamides is 1. The Morgan fingerprint density at radius 3 is 2.58 bits per heavy atom. The summed E-state index contributed by atoms with van der Waals surface area (Å²) < 4.78 is 50.4. The minimum Gasteiger partial charge on any atom is -0.491 e. The number of methoxy groups -OCH3 is 1. The lowest BCUT2D eigenvalue weighted by Crippen LogP contribution is -2.38. The first-order valence-electron chi connectivity index (χ1n) is 10.7. The highest BCUT2D eigenvalue weighted by atomic mass is 32.2. The van der Waals surface area contributed by atoms with Gasteiger partial charge in [0.15, 0.2) is 0 Å². The highest BCUT2D eigenvalue weighted by Crippen LogP contribution is 2.34. The van der Waals surface area contributed by atoms with E-state index in [-0.39, 0.29) is 29.7 Å². The Labute approximate surface area is 191 Å². The van der Waals surface area contributed by atoms with Crippen molar-refractivity contribution >= 4 is 27.4 Å². The van der Waals surface area contributed by atoms with Crippen molar-refractivity contribution in [1.82, 2.24) is 4.31 Å². The van der Waals surface area contributed by atoms with Crippen LogP contribution >= 0.6 is 0 Å². The maximum Gasteiger partial charge on any atom is 0.299 e. The first-order chi connectivity index (χ1) is 15.9.